The molecule has 1 N–H and O–H groups in total. The van der Waals surface area contributed by atoms with Gasteiger partial charge in [-0.05, 0) is 31.7 Å². The van der Waals surface area contributed by atoms with Gasteiger partial charge in [0.1, 0.15) is 11.8 Å². The Labute approximate surface area is 159 Å². The first-order valence-electron chi connectivity index (χ1n) is 8.69. The Morgan fingerprint density at radius 3 is 2.61 bits per heavy atom. The van der Waals surface area contributed by atoms with Crippen molar-refractivity contribution in [3.05, 3.63) is 41.5 Å². The van der Waals surface area contributed by atoms with Gasteiger partial charge in [-0.2, -0.15) is 23.5 Å². The summed E-state index contributed by atoms with van der Waals surface area (Å²) in [5.74, 6) is -0.224. The minimum Gasteiger partial charge on any atom is -0.489 e. The van der Waals surface area contributed by atoms with Crippen molar-refractivity contribution in [1.29, 1.82) is 5.26 Å². The molecule has 1 amide bonds. The predicted molar refractivity (Wildman–Crippen MR) is 91.3 cm³/mol. The number of hydrogen-bond donors (Lipinski definition) is 1. The van der Waals surface area contributed by atoms with E-state index in [0.29, 0.717) is 31.2 Å². The zero-order valence-corrected chi connectivity index (χ0v) is 15.0. The monoisotopic (exact) mass is 393 g/mol. The number of carbonyl (C=O) groups excluding carboxylic acids is 1. The molecule has 148 valence electrons. The van der Waals surface area contributed by atoms with E-state index in [9.17, 15) is 18.0 Å². The Morgan fingerprint density at radius 1 is 1.32 bits per heavy atom. The van der Waals surface area contributed by atoms with Gasteiger partial charge in [0.2, 0.25) is 0 Å². The van der Waals surface area contributed by atoms with Gasteiger partial charge in [0.25, 0.3) is 5.91 Å². The van der Waals surface area contributed by atoms with Crippen LogP contribution in [0, 0.1) is 11.3 Å². The van der Waals surface area contributed by atoms with Gasteiger partial charge in [0.05, 0.1) is 29.6 Å². The minimum absolute atomic E-state index is 0.0193. The number of halogens is 3. The molecule has 0 atom stereocenters. The molecule has 0 aliphatic heterocycles. The van der Waals surface area contributed by atoms with Crippen LogP contribution in [-0.2, 0) is 13.2 Å². The molecule has 0 saturated heterocycles. The van der Waals surface area contributed by atoms with Crippen LogP contribution in [0.5, 0.6) is 5.75 Å². The van der Waals surface area contributed by atoms with Crippen molar-refractivity contribution in [2.24, 2.45) is 7.05 Å². The standard InChI is InChI=1S/C18H18F3N5O2/c1-26-10-11(8-24-26)17(27)25-12-2-4-13(5-3-12)28-14-6-15(18(19,20)21)16(7-22)23-9-14/h6,8-10,12-13H,2-5H2,1H3,(H,25,27)/t12-,13-. The highest BCUT2D eigenvalue weighted by Crippen LogP contribution is 2.34. The van der Waals surface area contributed by atoms with Crippen LogP contribution in [0.4, 0.5) is 13.2 Å². The summed E-state index contributed by atoms with van der Waals surface area (Å²) >= 11 is 0. The molecule has 1 saturated carbocycles. The van der Waals surface area contributed by atoms with Crippen LogP contribution >= 0.6 is 0 Å². The summed E-state index contributed by atoms with van der Waals surface area (Å²) in [6, 6.07) is 2.22. The molecule has 10 heteroatoms. The highest BCUT2D eigenvalue weighted by Gasteiger charge is 2.35. The lowest BCUT2D eigenvalue weighted by molar-refractivity contribution is -0.138. The van der Waals surface area contributed by atoms with Gasteiger partial charge >= 0.3 is 6.18 Å². The summed E-state index contributed by atoms with van der Waals surface area (Å²) in [6.45, 7) is 0. The number of aromatic nitrogens is 3. The predicted octanol–water partition coefficient (Wildman–Crippen LogP) is 2.83. The quantitative estimate of drug-likeness (QED) is 0.862. The Hall–Kier alpha value is -3.09. The number of amides is 1. The molecule has 0 bridgehead atoms. The number of hydrogen-bond acceptors (Lipinski definition) is 5. The highest BCUT2D eigenvalue weighted by atomic mass is 19.4. The molecule has 0 aromatic carbocycles. The van der Waals surface area contributed by atoms with Crippen molar-refractivity contribution >= 4 is 5.91 Å². The number of ether oxygens (including phenoxy) is 1. The van der Waals surface area contributed by atoms with E-state index in [4.69, 9.17) is 10.00 Å². The summed E-state index contributed by atoms with van der Waals surface area (Å²) in [4.78, 5) is 15.7. The second-order valence-electron chi connectivity index (χ2n) is 6.64. The van der Waals surface area contributed by atoms with Crippen LogP contribution in [0.25, 0.3) is 0 Å². The Morgan fingerprint density at radius 2 is 2.04 bits per heavy atom. The Balaban J connectivity index is 1.56. The van der Waals surface area contributed by atoms with E-state index in [0.717, 1.165) is 12.3 Å². The van der Waals surface area contributed by atoms with Crippen molar-refractivity contribution < 1.29 is 22.7 Å². The molecule has 2 heterocycles. The smallest absolute Gasteiger partial charge is 0.419 e. The largest absolute Gasteiger partial charge is 0.489 e. The van der Waals surface area contributed by atoms with Crippen molar-refractivity contribution in [3.8, 4) is 11.8 Å². The lowest BCUT2D eigenvalue weighted by atomic mass is 9.92. The molecular formula is C18H18F3N5O2. The molecule has 28 heavy (non-hydrogen) atoms. The second kappa shape index (κ2) is 7.88. The van der Waals surface area contributed by atoms with E-state index in [1.54, 1.807) is 17.9 Å². The minimum atomic E-state index is -4.67. The van der Waals surface area contributed by atoms with Crippen LogP contribution in [-0.4, -0.2) is 32.8 Å². The molecule has 2 aromatic rings. The number of alkyl halides is 3. The first-order valence-corrected chi connectivity index (χ1v) is 8.69. The average Bonchev–Trinajstić information content (AvgIpc) is 3.09. The maximum atomic E-state index is 13.0. The summed E-state index contributed by atoms with van der Waals surface area (Å²) in [7, 11) is 1.72. The van der Waals surface area contributed by atoms with Gasteiger partial charge in [-0.3, -0.25) is 9.48 Å². The van der Waals surface area contributed by atoms with Crippen LogP contribution in [0.2, 0.25) is 0 Å². The Kier molecular flexibility index (Phi) is 5.53. The molecule has 0 spiro atoms. The maximum absolute atomic E-state index is 13.0. The van der Waals surface area contributed by atoms with Crippen LogP contribution in [0.1, 0.15) is 47.3 Å². The molecule has 0 unspecified atom stereocenters. The fraction of sp³-hybridized carbons (Fsp3) is 0.444. The third-order valence-corrected chi connectivity index (χ3v) is 4.55. The number of aryl methyl sites for hydroxylation is 1. The summed E-state index contributed by atoms with van der Waals surface area (Å²) in [6.07, 6.45) is 1.75. The summed E-state index contributed by atoms with van der Waals surface area (Å²) < 4.78 is 46.2. The number of nitrogens with zero attached hydrogens (tertiary/aromatic N) is 4. The van der Waals surface area contributed by atoms with Gasteiger partial charge in [0, 0.05) is 19.3 Å². The average molecular weight is 393 g/mol. The first-order chi connectivity index (χ1) is 13.3. The number of pyridine rings is 1. The van der Waals surface area contributed by atoms with Crippen LogP contribution in [0.15, 0.2) is 24.7 Å². The first kappa shape index (κ1) is 19.7. The normalized spacial score (nSPS) is 19.7. The summed E-state index contributed by atoms with van der Waals surface area (Å²) in [5, 5.41) is 15.7. The lowest BCUT2D eigenvalue weighted by Gasteiger charge is -2.29. The zero-order valence-electron chi connectivity index (χ0n) is 15.0. The fourth-order valence-electron chi connectivity index (χ4n) is 3.14. The molecule has 1 fully saturated rings. The molecule has 1 aliphatic carbocycles. The number of carbonyl (C=O) groups is 1. The van der Waals surface area contributed by atoms with Crippen molar-refractivity contribution in [2.45, 2.75) is 44.0 Å². The van der Waals surface area contributed by atoms with Gasteiger partial charge < -0.3 is 10.1 Å². The highest BCUT2D eigenvalue weighted by molar-refractivity contribution is 5.93. The van der Waals surface area contributed by atoms with Crippen molar-refractivity contribution in [3.63, 3.8) is 0 Å². The molecule has 7 nitrogen and oxygen atoms in total. The molecule has 1 aliphatic rings. The molecular weight excluding hydrogens is 375 g/mol. The third-order valence-electron chi connectivity index (χ3n) is 4.55. The van der Waals surface area contributed by atoms with E-state index >= 15 is 0 Å². The Bertz CT molecular complexity index is 895. The maximum Gasteiger partial charge on any atom is 0.419 e. The zero-order chi connectivity index (χ0) is 20.3. The van der Waals surface area contributed by atoms with Crippen molar-refractivity contribution in [1.82, 2.24) is 20.1 Å². The van der Waals surface area contributed by atoms with E-state index in [1.165, 1.54) is 12.3 Å². The van der Waals surface area contributed by atoms with Gasteiger partial charge in [-0.1, -0.05) is 0 Å². The van der Waals surface area contributed by atoms with E-state index < -0.39 is 17.4 Å². The second-order valence-corrected chi connectivity index (χ2v) is 6.64. The van der Waals surface area contributed by atoms with Crippen LogP contribution in [0.3, 0.4) is 0 Å². The third kappa shape index (κ3) is 4.60. The van der Waals surface area contributed by atoms with Gasteiger partial charge in [-0.25, -0.2) is 4.98 Å². The topological polar surface area (TPSA) is 92.8 Å². The summed E-state index contributed by atoms with van der Waals surface area (Å²) in [5.41, 5.74) is -1.31. The number of nitrogens with one attached hydrogen (secondary N) is 1. The van der Waals surface area contributed by atoms with Crippen molar-refractivity contribution in [2.75, 3.05) is 0 Å². The van der Waals surface area contributed by atoms with E-state index in [1.807, 2.05) is 0 Å². The molecule has 0 radical (unpaired) electrons. The molecule has 3 rings (SSSR count). The number of nitriles is 1. The van der Waals surface area contributed by atoms with E-state index in [-0.39, 0.29) is 23.8 Å². The SMILES string of the molecule is Cn1cc(C(=O)N[C@H]2CC[C@H](Oc3cnc(C#N)c(C(F)(F)F)c3)CC2)cn1. The molecule has 2 aromatic heterocycles. The lowest BCUT2D eigenvalue weighted by Crippen LogP contribution is -2.39. The van der Waals surface area contributed by atoms with Crippen LogP contribution < -0.4 is 10.1 Å². The fourth-order valence-corrected chi connectivity index (χ4v) is 3.14. The number of rotatable bonds is 4. The van der Waals surface area contributed by atoms with Gasteiger partial charge in [0.15, 0.2) is 5.69 Å². The van der Waals surface area contributed by atoms with E-state index in [2.05, 4.69) is 15.4 Å². The van der Waals surface area contributed by atoms with Gasteiger partial charge in [-0.15, -0.1) is 0 Å².